The van der Waals surface area contributed by atoms with E-state index in [0.717, 1.165) is 42.4 Å². The van der Waals surface area contributed by atoms with Gasteiger partial charge in [0.2, 0.25) is 35.4 Å². The van der Waals surface area contributed by atoms with Crippen molar-refractivity contribution in [2.24, 2.45) is 45.9 Å². The van der Waals surface area contributed by atoms with Crippen LogP contribution in [-0.2, 0) is 33.6 Å². The first-order valence-electron chi connectivity index (χ1n) is 35.2. The smallest absolute Gasteiger partial charge is 0.262 e. The van der Waals surface area contributed by atoms with Crippen molar-refractivity contribution in [2.45, 2.75) is 186 Å². The SMILES string of the molecule is Cc1cc(C)c(-c2cc(C)c(OCC(=O)Nc3ccc(C#Cc4ccc(C(=O)N(CCNC(=O)C(CCCCNC(=O)C(N)CCCCN)NC(=O)C(N)CCCCN)CCNC(=O)C(CCCCNC(=O)C(N)CCCCN)NC(=O)C(N)CCCCN)cc4)cc3)cc2C)c(C)c1. The molecule has 0 saturated carbocycles. The average molecular weight is 1370 g/mol. The molecule has 0 saturated heterocycles. The van der Waals surface area contributed by atoms with Crippen LogP contribution in [0.5, 0.6) is 5.75 Å². The number of nitrogens with zero attached hydrogens (tertiary/aromatic N) is 1. The van der Waals surface area contributed by atoms with E-state index < -0.39 is 65.8 Å². The molecule has 0 heterocycles. The van der Waals surface area contributed by atoms with Gasteiger partial charge in [0.15, 0.2) is 6.61 Å². The van der Waals surface area contributed by atoms with Crippen LogP contribution in [0.2, 0.25) is 0 Å². The van der Waals surface area contributed by atoms with E-state index in [1.807, 2.05) is 19.9 Å². The Balaban J connectivity index is 1.49. The van der Waals surface area contributed by atoms with Gasteiger partial charge >= 0.3 is 0 Å². The average Bonchev–Trinajstić information content (AvgIpc) is 0.792. The standard InChI is InChI=1S/C74H114N16O9/c1-49-44-52(4)67(53(5)45-49)58-46-51(3)65(47-50(58)2)99-48-66(91)87-57-32-28-55(29-33-57)25-24-54-26-30-56(31-27-54)74(98)90(42-40-85-72(96)63(88-70(94)61(81)20-8-14-36-77)22-10-16-38-83-68(92)59(79)18-6-12-34-75)43-41-86-73(97)64(89-71(95)62(82)21-9-15-37-78)23-11-17-39-84-69(93)60(80)19-7-13-35-76/h26-33,44-47,59-64H,6-23,34-43,48,75-82H2,1-5H3,(H,83,92)(H,84,93)(H,85,96)(H,86,97)(H,87,91)(H,88,94)(H,89,95). The van der Waals surface area contributed by atoms with E-state index in [1.54, 1.807) is 48.5 Å². The largest absolute Gasteiger partial charge is 0.483 e. The Kier molecular flexibility index (Phi) is 38.7. The van der Waals surface area contributed by atoms with Gasteiger partial charge in [0.25, 0.3) is 11.8 Å². The van der Waals surface area contributed by atoms with Gasteiger partial charge in [-0.3, -0.25) is 38.4 Å². The summed E-state index contributed by atoms with van der Waals surface area (Å²) in [6, 6.07) is 17.0. The summed E-state index contributed by atoms with van der Waals surface area (Å²) < 4.78 is 6.01. The number of hydrogen-bond acceptors (Lipinski definition) is 17. The molecule has 0 aromatic heterocycles. The lowest BCUT2D eigenvalue weighted by atomic mass is 9.90. The fourth-order valence-corrected chi connectivity index (χ4v) is 11.3. The molecular weight excluding hydrogens is 1260 g/mol. The Morgan fingerprint density at radius 2 is 0.828 bits per heavy atom. The minimum Gasteiger partial charge on any atom is -0.483 e. The van der Waals surface area contributed by atoms with Crippen molar-refractivity contribution in [2.75, 3.05) is 77.4 Å². The highest BCUT2D eigenvalue weighted by Crippen LogP contribution is 2.35. The second-order valence-corrected chi connectivity index (χ2v) is 25.6. The molecule has 0 aliphatic carbocycles. The summed E-state index contributed by atoms with van der Waals surface area (Å²) in [5, 5.41) is 20.0. The van der Waals surface area contributed by atoms with Gasteiger partial charge in [0.1, 0.15) is 17.8 Å². The highest BCUT2D eigenvalue weighted by molar-refractivity contribution is 5.95. The van der Waals surface area contributed by atoms with E-state index in [9.17, 15) is 38.4 Å². The highest BCUT2D eigenvalue weighted by Gasteiger charge is 2.27. The molecule has 0 fully saturated rings. The lowest BCUT2D eigenvalue weighted by Gasteiger charge is -2.26. The Bertz CT molecular complexity index is 3150. The van der Waals surface area contributed by atoms with Gasteiger partial charge in [-0.15, -0.1) is 0 Å². The van der Waals surface area contributed by atoms with Crippen LogP contribution in [-0.4, -0.2) is 160 Å². The second kappa shape index (κ2) is 46.1. The molecule has 4 rings (SSSR count). The normalized spacial score (nSPS) is 12.9. The molecule has 4 aromatic carbocycles. The van der Waals surface area contributed by atoms with Crippen molar-refractivity contribution < 1.29 is 43.1 Å². The minimum atomic E-state index is -1.02. The molecule has 23 N–H and O–H groups in total. The molecule has 25 heteroatoms. The molecule has 0 aliphatic heterocycles. The van der Waals surface area contributed by atoms with Gasteiger partial charge in [0, 0.05) is 61.6 Å². The van der Waals surface area contributed by atoms with Gasteiger partial charge in [0.05, 0.1) is 24.2 Å². The van der Waals surface area contributed by atoms with Gasteiger partial charge in [-0.1, -0.05) is 55.2 Å². The molecule has 0 aliphatic rings. The van der Waals surface area contributed by atoms with Crippen molar-refractivity contribution in [3.8, 4) is 28.7 Å². The summed E-state index contributed by atoms with van der Waals surface area (Å²) in [5.74, 6) is 3.50. The van der Waals surface area contributed by atoms with Crippen molar-refractivity contribution in [1.29, 1.82) is 0 Å². The zero-order chi connectivity index (χ0) is 72.7. The first kappa shape index (κ1) is 83.1. The van der Waals surface area contributed by atoms with E-state index in [1.165, 1.54) is 27.2 Å². The Morgan fingerprint density at radius 1 is 0.434 bits per heavy atom. The maximum Gasteiger partial charge on any atom is 0.262 e. The fourth-order valence-electron chi connectivity index (χ4n) is 11.3. The third kappa shape index (κ3) is 30.8. The predicted molar refractivity (Wildman–Crippen MR) is 392 cm³/mol. The van der Waals surface area contributed by atoms with Crippen molar-refractivity contribution in [3.63, 3.8) is 0 Å². The zero-order valence-corrected chi connectivity index (χ0v) is 59.1. The zero-order valence-electron chi connectivity index (χ0n) is 59.1. The Hall–Kier alpha value is -8.32. The molecule has 8 amide bonds. The van der Waals surface area contributed by atoms with Crippen molar-refractivity contribution >= 4 is 52.9 Å². The molecule has 4 aromatic rings. The maximum atomic E-state index is 14.6. The predicted octanol–water partition coefficient (Wildman–Crippen LogP) is 3.36. The number of rotatable bonds is 46. The molecular formula is C74H114N16O9. The lowest BCUT2D eigenvalue weighted by molar-refractivity contribution is -0.130. The van der Waals surface area contributed by atoms with E-state index >= 15 is 0 Å². The van der Waals surface area contributed by atoms with Crippen LogP contribution < -0.4 is 87.8 Å². The van der Waals surface area contributed by atoms with Gasteiger partial charge in [-0.25, -0.2) is 0 Å². The quantitative estimate of drug-likeness (QED) is 0.0223. The number of carbonyl (C=O) groups is 8. The topological polar surface area (TPSA) is 441 Å². The van der Waals surface area contributed by atoms with Crippen LogP contribution in [0, 0.1) is 46.5 Å². The molecule has 544 valence electrons. The summed E-state index contributed by atoms with van der Waals surface area (Å²) in [6.45, 7) is 12.4. The van der Waals surface area contributed by atoms with Crippen LogP contribution in [0.1, 0.15) is 165 Å². The van der Waals surface area contributed by atoms with Crippen LogP contribution >= 0.6 is 0 Å². The van der Waals surface area contributed by atoms with Crippen LogP contribution in [0.15, 0.2) is 72.8 Å². The van der Waals surface area contributed by atoms with Crippen LogP contribution in [0.4, 0.5) is 5.69 Å². The van der Waals surface area contributed by atoms with Gasteiger partial charge in [-0.2, -0.15) is 0 Å². The summed E-state index contributed by atoms with van der Waals surface area (Å²) in [4.78, 5) is 109. The minimum absolute atomic E-state index is 0.0375. The second-order valence-electron chi connectivity index (χ2n) is 25.6. The van der Waals surface area contributed by atoms with Gasteiger partial charge < -0.3 is 92.7 Å². The van der Waals surface area contributed by atoms with Crippen molar-refractivity contribution in [1.82, 2.24) is 36.8 Å². The summed E-state index contributed by atoms with van der Waals surface area (Å²) in [5.41, 5.74) is 57.2. The molecule has 6 atom stereocenters. The first-order chi connectivity index (χ1) is 47.5. The summed E-state index contributed by atoms with van der Waals surface area (Å²) >= 11 is 0. The van der Waals surface area contributed by atoms with Crippen LogP contribution in [0.3, 0.4) is 0 Å². The number of aryl methyl sites for hydroxylation is 5. The molecule has 99 heavy (non-hydrogen) atoms. The molecule has 6 unspecified atom stereocenters. The van der Waals surface area contributed by atoms with E-state index in [0.29, 0.717) is 139 Å². The monoisotopic (exact) mass is 1370 g/mol. The fraction of sp³-hybridized carbons (Fsp3) is 0.541. The number of carbonyl (C=O) groups excluding carboxylic acids is 8. The number of nitrogens with two attached hydrogens (primary N) is 8. The van der Waals surface area contributed by atoms with E-state index in [4.69, 9.17) is 50.6 Å². The molecule has 0 radical (unpaired) electrons. The summed E-state index contributed by atoms with van der Waals surface area (Å²) in [7, 11) is 0. The highest BCUT2D eigenvalue weighted by atomic mass is 16.5. The van der Waals surface area contributed by atoms with E-state index in [-0.39, 0.29) is 68.9 Å². The third-order valence-corrected chi connectivity index (χ3v) is 17.1. The van der Waals surface area contributed by atoms with E-state index in [2.05, 4.69) is 88.0 Å². The number of nitrogens with one attached hydrogen (secondary N) is 7. The molecule has 25 nitrogen and oxygen atoms in total. The number of benzene rings is 4. The first-order valence-corrected chi connectivity index (χ1v) is 35.2. The number of hydrogen-bond donors (Lipinski definition) is 15. The number of amides is 8. The number of unbranched alkanes of at least 4 members (excludes halogenated alkanes) is 6. The molecule has 0 bridgehead atoms. The summed E-state index contributed by atoms with van der Waals surface area (Å²) in [6.07, 6.45) is 9.51. The number of anilines is 1. The van der Waals surface area contributed by atoms with Crippen LogP contribution in [0.25, 0.3) is 11.1 Å². The molecule has 0 spiro atoms. The Morgan fingerprint density at radius 3 is 1.25 bits per heavy atom. The van der Waals surface area contributed by atoms with Crippen molar-refractivity contribution in [3.05, 3.63) is 117 Å². The maximum absolute atomic E-state index is 14.6. The third-order valence-electron chi connectivity index (χ3n) is 17.1. The number of ether oxygens (including phenoxy) is 1. The Labute approximate surface area is 586 Å². The lowest BCUT2D eigenvalue weighted by Crippen LogP contribution is -2.53. The van der Waals surface area contributed by atoms with Gasteiger partial charge in [-0.05, 0) is 245 Å².